The van der Waals surface area contributed by atoms with E-state index in [0.29, 0.717) is 51.5 Å². The number of fused-ring (bicyclic) bond motifs is 1. The number of aryl methyl sites for hydroxylation is 3. The summed E-state index contributed by atoms with van der Waals surface area (Å²) >= 11 is 0. The molecule has 0 aliphatic carbocycles. The van der Waals surface area contributed by atoms with E-state index in [1.54, 1.807) is 36.1 Å². The lowest BCUT2D eigenvalue weighted by Gasteiger charge is -2.13. The van der Waals surface area contributed by atoms with Crippen molar-refractivity contribution in [2.24, 2.45) is 7.05 Å². The first kappa shape index (κ1) is 24.8. The van der Waals surface area contributed by atoms with E-state index in [2.05, 4.69) is 20.6 Å². The molecule has 186 valence electrons. The molecule has 0 saturated carbocycles. The molecule has 0 unspecified atom stereocenters. The van der Waals surface area contributed by atoms with Crippen LogP contribution in [-0.2, 0) is 20.0 Å². The van der Waals surface area contributed by atoms with Crippen molar-refractivity contribution in [3.05, 3.63) is 77.1 Å². The summed E-state index contributed by atoms with van der Waals surface area (Å²) in [5.74, 6) is -0.132. The number of aromatic nitrogens is 4. The van der Waals surface area contributed by atoms with E-state index in [1.165, 1.54) is 0 Å². The Balaban J connectivity index is 1.73. The molecule has 4 rings (SSSR count). The highest BCUT2D eigenvalue weighted by molar-refractivity contribution is 6.07. The van der Waals surface area contributed by atoms with Gasteiger partial charge in [-0.1, -0.05) is 25.1 Å². The Labute approximate surface area is 209 Å². The minimum Gasteiger partial charge on any atom is -0.488 e. The second-order valence-corrected chi connectivity index (χ2v) is 8.76. The van der Waals surface area contributed by atoms with Gasteiger partial charge in [0.15, 0.2) is 11.4 Å². The molecule has 9 heteroatoms. The average Bonchev–Trinajstić information content (AvgIpc) is 3.13. The number of carbonyl (C=O) groups is 2. The molecule has 36 heavy (non-hydrogen) atoms. The van der Waals surface area contributed by atoms with E-state index in [1.807, 2.05) is 52.0 Å². The van der Waals surface area contributed by atoms with Crippen molar-refractivity contribution in [1.82, 2.24) is 24.8 Å². The number of hydrogen-bond donors (Lipinski definition) is 2. The number of nitrogens with one attached hydrogen (secondary N) is 2. The fraction of sp³-hybridized carbons (Fsp3) is 0.296. The highest BCUT2D eigenvalue weighted by Crippen LogP contribution is 2.35. The van der Waals surface area contributed by atoms with Crippen molar-refractivity contribution in [2.45, 2.75) is 46.8 Å². The molecular formula is C27H30N6O3. The van der Waals surface area contributed by atoms with Crippen LogP contribution < -0.4 is 15.4 Å². The van der Waals surface area contributed by atoms with Gasteiger partial charge in [-0.2, -0.15) is 0 Å². The van der Waals surface area contributed by atoms with Gasteiger partial charge in [0.05, 0.1) is 47.0 Å². The zero-order valence-electron chi connectivity index (χ0n) is 21.1. The lowest BCUT2D eigenvalue weighted by atomic mass is 10.1. The number of hydrogen-bond acceptors (Lipinski definition) is 6. The van der Waals surface area contributed by atoms with Crippen LogP contribution in [0.3, 0.4) is 0 Å². The topological polar surface area (TPSA) is 111 Å². The molecule has 3 aromatic heterocycles. The summed E-state index contributed by atoms with van der Waals surface area (Å²) < 4.78 is 7.85. The summed E-state index contributed by atoms with van der Waals surface area (Å²) in [5.41, 5.74) is 4.24. The molecule has 4 aromatic rings. The number of anilines is 1. The van der Waals surface area contributed by atoms with Crippen LogP contribution in [0.5, 0.6) is 5.75 Å². The monoisotopic (exact) mass is 486 g/mol. The van der Waals surface area contributed by atoms with Gasteiger partial charge in [-0.15, -0.1) is 0 Å². The van der Waals surface area contributed by atoms with E-state index < -0.39 is 0 Å². The van der Waals surface area contributed by atoms with Crippen LogP contribution in [0.4, 0.5) is 5.69 Å². The van der Waals surface area contributed by atoms with Gasteiger partial charge in [0.2, 0.25) is 0 Å². The van der Waals surface area contributed by atoms with Crippen molar-refractivity contribution in [1.29, 1.82) is 0 Å². The summed E-state index contributed by atoms with van der Waals surface area (Å²) in [6.07, 6.45) is 3.71. The van der Waals surface area contributed by atoms with Gasteiger partial charge in [-0.25, -0.2) is 4.98 Å². The second-order valence-electron chi connectivity index (χ2n) is 8.76. The number of carbonyl (C=O) groups excluding carboxylic acids is 2. The van der Waals surface area contributed by atoms with Crippen molar-refractivity contribution in [3.63, 3.8) is 0 Å². The molecule has 0 atom stereocenters. The first-order valence-corrected chi connectivity index (χ1v) is 11.9. The van der Waals surface area contributed by atoms with E-state index in [-0.39, 0.29) is 24.5 Å². The van der Waals surface area contributed by atoms with Crippen LogP contribution in [0.25, 0.3) is 11.0 Å². The molecule has 2 amide bonds. The van der Waals surface area contributed by atoms with Gasteiger partial charge >= 0.3 is 0 Å². The van der Waals surface area contributed by atoms with Crippen LogP contribution in [0.2, 0.25) is 0 Å². The van der Waals surface area contributed by atoms with Crippen LogP contribution in [0.15, 0.2) is 48.8 Å². The zero-order chi connectivity index (χ0) is 25.8. The molecule has 0 fully saturated rings. The maximum Gasteiger partial charge on any atom is 0.272 e. The standard InChI is InChI=1S/C27H30N6O3/c1-6-21-22(32-26(34)18-10-8-7-9-11-18)12-20-24(36-16(2)3)23(33(5)25(20)31-21)27(35)30-15-19-14-28-17(4)13-29-19/h7-14,16H,6,15H2,1-5H3,(H,30,35)(H,32,34). The Morgan fingerprint density at radius 1 is 1.08 bits per heavy atom. The lowest BCUT2D eigenvalue weighted by Crippen LogP contribution is -2.26. The number of ether oxygens (including phenoxy) is 1. The van der Waals surface area contributed by atoms with Gasteiger partial charge in [0.1, 0.15) is 5.65 Å². The number of pyridine rings is 1. The normalized spacial score (nSPS) is 11.1. The summed E-state index contributed by atoms with van der Waals surface area (Å²) in [5, 5.41) is 6.53. The molecule has 9 nitrogen and oxygen atoms in total. The molecular weight excluding hydrogens is 456 g/mol. The van der Waals surface area contributed by atoms with Crippen LogP contribution >= 0.6 is 0 Å². The summed E-state index contributed by atoms with van der Waals surface area (Å²) in [4.78, 5) is 39.5. The van der Waals surface area contributed by atoms with E-state index >= 15 is 0 Å². The van der Waals surface area contributed by atoms with Crippen molar-refractivity contribution in [3.8, 4) is 5.75 Å². The first-order chi connectivity index (χ1) is 17.3. The van der Waals surface area contributed by atoms with E-state index in [9.17, 15) is 9.59 Å². The van der Waals surface area contributed by atoms with Gasteiger partial charge < -0.3 is 19.9 Å². The fourth-order valence-electron chi connectivity index (χ4n) is 3.89. The third-order valence-corrected chi connectivity index (χ3v) is 5.65. The van der Waals surface area contributed by atoms with Crippen LogP contribution in [0.1, 0.15) is 58.7 Å². The largest absolute Gasteiger partial charge is 0.488 e. The Morgan fingerprint density at radius 2 is 1.83 bits per heavy atom. The van der Waals surface area contributed by atoms with Gasteiger partial charge in [-0.05, 0) is 45.4 Å². The number of rotatable bonds is 8. The molecule has 1 aromatic carbocycles. The predicted octanol–water partition coefficient (Wildman–Crippen LogP) is 4.20. The molecule has 0 spiro atoms. The SMILES string of the molecule is CCc1nc2c(cc1NC(=O)c1ccccc1)c(OC(C)C)c(C(=O)NCc1cnc(C)cn1)n2C. The number of amides is 2. The summed E-state index contributed by atoms with van der Waals surface area (Å²) in [6.45, 7) is 7.84. The van der Waals surface area contributed by atoms with Crippen LogP contribution in [-0.4, -0.2) is 37.4 Å². The smallest absolute Gasteiger partial charge is 0.272 e. The molecule has 0 aliphatic rings. The molecule has 0 aliphatic heterocycles. The Kier molecular flexibility index (Phi) is 7.28. The van der Waals surface area contributed by atoms with Crippen LogP contribution in [0, 0.1) is 6.92 Å². The van der Waals surface area contributed by atoms with Crippen molar-refractivity contribution >= 4 is 28.5 Å². The molecule has 3 heterocycles. The number of nitrogens with zero attached hydrogens (tertiary/aromatic N) is 4. The quantitative estimate of drug-likeness (QED) is 0.386. The van der Waals surface area contributed by atoms with Gasteiger partial charge in [-0.3, -0.25) is 19.6 Å². The summed E-state index contributed by atoms with van der Waals surface area (Å²) in [7, 11) is 1.78. The van der Waals surface area contributed by atoms with Crippen molar-refractivity contribution < 1.29 is 14.3 Å². The minimum atomic E-state index is -0.318. The maximum atomic E-state index is 13.3. The van der Waals surface area contributed by atoms with Gasteiger partial charge in [0, 0.05) is 18.8 Å². The Hall–Kier alpha value is -4.27. The van der Waals surface area contributed by atoms with Gasteiger partial charge in [0.25, 0.3) is 11.8 Å². The molecule has 0 saturated heterocycles. The Morgan fingerprint density at radius 3 is 2.47 bits per heavy atom. The fourth-order valence-corrected chi connectivity index (χ4v) is 3.89. The average molecular weight is 487 g/mol. The third kappa shape index (κ3) is 5.19. The minimum absolute atomic E-state index is 0.182. The molecule has 0 radical (unpaired) electrons. The predicted molar refractivity (Wildman–Crippen MR) is 138 cm³/mol. The second kappa shape index (κ2) is 10.6. The highest BCUT2D eigenvalue weighted by Gasteiger charge is 2.26. The maximum absolute atomic E-state index is 13.3. The van der Waals surface area contributed by atoms with Crippen molar-refractivity contribution in [2.75, 3.05) is 5.32 Å². The first-order valence-electron chi connectivity index (χ1n) is 11.9. The summed E-state index contributed by atoms with van der Waals surface area (Å²) in [6, 6.07) is 10.8. The molecule has 2 N–H and O–H groups in total. The number of benzene rings is 1. The third-order valence-electron chi connectivity index (χ3n) is 5.65. The van der Waals surface area contributed by atoms with E-state index in [4.69, 9.17) is 9.72 Å². The highest BCUT2D eigenvalue weighted by atomic mass is 16.5. The lowest BCUT2D eigenvalue weighted by molar-refractivity contribution is 0.0935. The Bertz CT molecular complexity index is 1400. The zero-order valence-corrected chi connectivity index (χ0v) is 21.1. The molecule has 0 bridgehead atoms. The van der Waals surface area contributed by atoms with E-state index in [0.717, 1.165) is 5.69 Å².